The molecule has 5 nitrogen and oxygen atoms in total. The van der Waals surface area contributed by atoms with Crippen molar-refractivity contribution >= 4 is 11.6 Å². The minimum Gasteiger partial charge on any atom is -0.371 e. The van der Waals surface area contributed by atoms with Gasteiger partial charge in [0.15, 0.2) is 0 Å². The molecule has 0 saturated heterocycles. The summed E-state index contributed by atoms with van der Waals surface area (Å²) in [6.45, 7) is 4.65. The zero-order chi connectivity index (χ0) is 18.1. The second-order valence-electron chi connectivity index (χ2n) is 6.10. The van der Waals surface area contributed by atoms with Crippen LogP contribution in [0, 0.1) is 0 Å². The van der Waals surface area contributed by atoms with Gasteiger partial charge in [-0.2, -0.15) is 0 Å². The first-order valence-corrected chi connectivity index (χ1v) is 8.77. The maximum absolute atomic E-state index is 11.3. The van der Waals surface area contributed by atoms with Crippen LogP contribution in [0.1, 0.15) is 31.0 Å². The van der Waals surface area contributed by atoms with E-state index < -0.39 is 0 Å². The number of hydrogen-bond acceptors (Lipinski definition) is 4. The summed E-state index contributed by atoms with van der Waals surface area (Å²) in [7, 11) is 0. The van der Waals surface area contributed by atoms with Crippen LogP contribution in [-0.4, -0.2) is 25.5 Å². The third-order valence-electron chi connectivity index (χ3n) is 4.33. The summed E-state index contributed by atoms with van der Waals surface area (Å²) in [5, 5.41) is 0. The van der Waals surface area contributed by atoms with Gasteiger partial charge in [-0.15, -0.1) is 0 Å². The SMILES string of the molecule is C.CCN(CCN)c1ccc(CCc2ccc(CC(=O)NN)cc2)cc1. The van der Waals surface area contributed by atoms with Crippen molar-refractivity contribution in [3.05, 3.63) is 65.2 Å². The van der Waals surface area contributed by atoms with E-state index in [9.17, 15) is 4.79 Å². The Morgan fingerprint density at radius 2 is 1.46 bits per heavy atom. The lowest BCUT2D eigenvalue weighted by atomic mass is 10.0. The first-order valence-electron chi connectivity index (χ1n) is 8.77. The number of carbonyl (C=O) groups excluding carboxylic acids is 1. The third-order valence-corrected chi connectivity index (χ3v) is 4.33. The molecule has 2 rings (SSSR count). The Bertz CT molecular complexity index is 653. The molecule has 0 bridgehead atoms. The van der Waals surface area contributed by atoms with E-state index in [1.165, 1.54) is 16.8 Å². The lowest BCUT2D eigenvalue weighted by Gasteiger charge is -2.22. The van der Waals surface area contributed by atoms with Gasteiger partial charge in [-0.3, -0.25) is 10.2 Å². The van der Waals surface area contributed by atoms with Gasteiger partial charge in [0.05, 0.1) is 6.42 Å². The van der Waals surface area contributed by atoms with Crippen LogP contribution in [0.5, 0.6) is 0 Å². The minimum atomic E-state index is -0.177. The van der Waals surface area contributed by atoms with E-state index in [1.54, 1.807) is 0 Å². The van der Waals surface area contributed by atoms with Crippen molar-refractivity contribution in [2.75, 3.05) is 24.5 Å². The molecule has 0 aliphatic rings. The number of hydrazine groups is 1. The third kappa shape index (κ3) is 6.50. The largest absolute Gasteiger partial charge is 0.371 e. The lowest BCUT2D eigenvalue weighted by Crippen LogP contribution is -2.31. The topological polar surface area (TPSA) is 84.4 Å². The molecule has 2 aromatic rings. The normalized spacial score (nSPS) is 10.1. The lowest BCUT2D eigenvalue weighted by molar-refractivity contribution is -0.120. The van der Waals surface area contributed by atoms with Gasteiger partial charge >= 0.3 is 0 Å². The highest BCUT2D eigenvalue weighted by Gasteiger charge is 2.04. The number of aryl methyl sites for hydroxylation is 2. The molecular formula is C21H32N4O. The molecule has 0 fully saturated rings. The summed E-state index contributed by atoms with van der Waals surface area (Å²) in [6.07, 6.45) is 2.28. The number of amides is 1. The van der Waals surface area contributed by atoms with Gasteiger partial charge in [-0.05, 0) is 48.6 Å². The molecule has 0 aliphatic heterocycles. The zero-order valence-corrected chi connectivity index (χ0v) is 14.9. The molecule has 5 N–H and O–H groups in total. The highest BCUT2D eigenvalue weighted by molar-refractivity contribution is 5.77. The smallest absolute Gasteiger partial charge is 0.238 e. The van der Waals surface area contributed by atoms with Crippen molar-refractivity contribution in [3.8, 4) is 0 Å². The van der Waals surface area contributed by atoms with Gasteiger partial charge in [-0.1, -0.05) is 43.8 Å². The summed E-state index contributed by atoms with van der Waals surface area (Å²) in [5.74, 6) is 4.93. The molecule has 26 heavy (non-hydrogen) atoms. The van der Waals surface area contributed by atoms with Gasteiger partial charge in [0.1, 0.15) is 0 Å². The van der Waals surface area contributed by atoms with Crippen LogP contribution in [-0.2, 0) is 24.1 Å². The van der Waals surface area contributed by atoms with E-state index in [0.29, 0.717) is 13.0 Å². The first-order chi connectivity index (χ1) is 12.2. The van der Waals surface area contributed by atoms with E-state index in [4.69, 9.17) is 11.6 Å². The summed E-state index contributed by atoms with van der Waals surface area (Å²) in [4.78, 5) is 13.5. The van der Waals surface area contributed by atoms with E-state index in [0.717, 1.165) is 31.5 Å². The van der Waals surface area contributed by atoms with Crippen molar-refractivity contribution < 1.29 is 4.79 Å². The van der Waals surface area contributed by atoms with E-state index in [2.05, 4.69) is 53.6 Å². The fourth-order valence-electron chi connectivity index (χ4n) is 2.85. The molecule has 0 radical (unpaired) electrons. The average molecular weight is 357 g/mol. The van der Waals surface area contributed by atoms with Gasteiger partial charge < -0.3 is 10.6 Å². The van der Waals surface area contributed by atoms with E-state index >= 15 is 0 Å². The Hall–Kier alpha value is -2.37. The summed E-state index contributed by atoms with van der Waals surface area (Å²) in [6, 6.07) is 16.8. The molecule has 0 spiro atoms. The Morgan fingerprint density at radius 3 is 1.92 bits per heavy atom. The number of anilines is 1. The predicted molar refractivity (Wildman–Crippen MR) is 110 cm³/mol. The Kier molecular flexibility index (Phi) is 9.41. The number of nitrogens with one attached hydrogen (secondary N) is 1. The molecule has 0 aromatic heterocycles. The van der Waals surface area contributed by atoms with Crippen LogP contribution in [0.3, 0.4) is 0 Å². The van der Waals surface area contributed by atoms with Crippen LogP contribution in [0.2, 0.25) is 0 Å². The maximum atomic E-state index is 11.3. The summed E-state index contributed by atoms with van der Waals surface area (Å²) in [5.41, 5.74) is 12.6. The highest BCUT2D eigenvalue weighted by Crippen LogP contribution is 2.16. The zero-order valence-electron chi connectivity index (χ0n) is 14.9. The minimum absolute atomic E-state index is 0. The summed E-state index contributed by atoms with van der Waals surface area (Å²) >= 11 is 0. The molecular weight excluding hydrogens is 324 g/mol. The van der Waals surface area contributed by atoms with Crippen LogP contribution >= 0.6 is 0 Å². The van der Waals surface area contributed by atoms with Crippen molar-refractivity contribution in [2.24, 2.45) is 11.6 Å². The molecule has 0 heterocycles. The molecule has 0 aliphatic carbocycles. The number of nitrogens with two attached hydrogens (primary N) is 2. The molecule has 1 amide bonds. The summed E-state index contributed by atoms with van der Waals surface area (Å²) < 4.78 is 0. The molecule has 0 atom stereocenters. The second-order valence-corrected chi connectivity index (χ2v) is 6.10. The fourth-order valence-corrected chi connectivity index (χ4v) is 2.85. The highest BCUT2D eigenvalue weighted by atomic mass is 16.2. The van der Waals surface area contributed by atoms with Crippen molar-refractivity contribution in [2.45, 2.75) is 33.6 Å². The van der Waals surface area contributed by atoms with Gasteiger partial charge in [0, 0.05) is 25.3 Å². The number of hydrogen-bond donors (Lipinski definition) is 3. The van der Waals surface area contributed by atoms with Gasteiger partial charge in [-0.25, -0.2) is 5.84 Å². The van der Waals surface area contributed by atoms with Crippen LogP contribution in [0.15, 0.2) is 48.5 Å². The molecule has 2 aromatic carbocycles. The number of carbonyl (C=O) groups is 1. The quantitative estimate of drug-likeness (QED) is 0.366. The number of likely N-dealkylation sites (N-methyl/N-ethyl adjacent to an activating group) is 1. The van der Waals surface area contributed by atoms with Crippen LogP contribution < -0.4 is 21.9 Å². The van der Waals surface area contributed by atoms with Gasteiger partial charge in [0.2, 0.25) is 5.91 Å². The Morgan fingerprint density at radius 1 is 0.962 bits per heavy atom. The fraction of sp³-hybridized carbons (Fsp3) is 0.381. The van der Waals surface area contributed by atoms with E-state index in [-0.39, 0.29) is 13.3 Å². The molecule has 5 heteroatoms. The maximum Gasteiger partial charge on any atom is 0.238 e. The van der Waals surface area contributed by atoms with Crippen LogP contribution in [0.25, 0.3) is 0 Å². The number of benzene rings is 2. The standard InChI is InChI=1S/C20H28N4O.CH4/c1-2-24(14-13-21)19-11-9-17(10-12-19)4-3-16-5-7-18(8-6-16)15-20(25)23-22;/h5-12H,2-4,13-15,21-22H2,1H3,(H,23,25);1H4. The van der Waals surface area contributed by atoms with Crippen molar-refractivity contribution in [1.82, 2.24) is 5.43 Å². The molecule has 0 unspecified atom stereocenters. The Labute approximate surface area is 157 Å². The molecule has 142 valence electrons. The molecule has 0 saturated carbocycles. The van der Waals surface area contributed by atoms with Gasteiger partial charge in [0.25, 0.3) is 0 Å². The first kappa shape index (κ1) is 21.7. The number of nitrogens with zero attached hydrogens (tertiary/aromatic N) is 1. The van der Waals surface area contributed by atoms with Crippen molar-refractivity contribution in [3.63, 3.8) is 0 Å². The van der Waals surface area contributed by atoms with E-state index in [1.807, 2.05) is 12.1 Å². The average Bonchev–Trinajstić information content (AvgIpc) is 2.66. The Balaban J connectivity index is 0.00000338. The second kappa shape index (κ2) is 11.3. The van der Waals surface area contributed by atoms with Crippen LogP contribution in [0.4, 0.5) is 5.69 Å². The number of rotatable bonds is 9. The predicted octanol–water partition coefficient (Wildman–Crippen LogP) is 2.43. The monoisotopic (exact) mass is 356 g/mol. The van der Waals surface area contributed by atoms with Crippen molar-refractivity contribution in [1.29, 1.82) is 0 Å².